The third-order valence-corrected chi connectivity index (χ3v) is 5.14. The first-order chi connectivity index (χ1) is 11.3. The van der Waals surface area contributed by atoms with Gasteiger partial charge in [-0.15, -0.1) is 0 Å². The Morgan fingerprint density at radius 3 is 2.88 bits per heavy atom. The Bertz CT molecular complexity index is 681. The average Bonchev–Trinajstić information content (AvgIpc) is 3.04. The summed E-state index contributed by atoms with van der Waals surface area (Å²) < 4.78 is 5.60. The number of allylic oxidation sites excluding steroid dienone is 1. The van der Waals surface area contributed by atoms with E-state index in [4.69, 9.17) is 4.74 Å². The van der Waals surface area contributed by atoms with E-state index in [9.17, 15) is 9.90 Å². The van der Waals surface area contributed by atoms with Crippen LogP contribution in [0, 0.1) is 0 Å². The molecule has 1 aromatic carbocycles. The van der Waals surface area contributed by atoms with E-state index >= 15 is 0 Å². The Morgan fingerprint density at radius 1 is 1.42 bits per heavy atom. The van der Waals surface area contributed by atoms with Crippen LogP contribution < -0.4 is 4.90 Å². The molecule has 0 radical (unpaired) electrons. The third kappa shape index (κ3) is 2.82. The molecule has 1 saturated heterocycles. The molecule has 3 rings (SSSR count). The van der Waals surface area contributed by atoms with Gasteiger partial charge in [0.05, 0.1) is 23.9 Å². The number of aromatic hydroxyl groups is 1. The van der Waals surface area contributed by atoms with Crippen molar-refractivity contribution in [1.82, 2.24) is 4.90 Å². The van der Waals surface area contributed by atoms with Crippen LogP contribution in [0.1, 0.15) is 31.9 Å². The molecule has 1 aliphatic carbocycles. The van der Waals surface area contributed by atoms with Crippen molar-refractivity contribution in [2.75, 3.05) is 31.6 Å². The van der Waals surface area contributed by atoms with Crippen molar-refractivity contribution in [2.24, 2.45) is 0 Å². The standard InChI is InChI=1S/C19H26N2O3/c1-13-12-21(10-11-24-13)19(2,3)18(23)20(4)16-8-9-17(22)15-7-5-6-14(15)16/h5-6,8-9,13,22H,7,10-12H2,1-4H3. The van der Waals surface area contributed by atoms with E-state index in [1.54, 1.807) is 11.0 Å². The highest BCUT2D eigenvalue weighted by Crippen LogP contribution is 2.36. The van der Waals surface area contributed by atoms with Gasteiger partial charge >= 0.3 is 0 Å². The number of rotatable bonds is 3. The number of benzene rings is 1. The van der Waals surface area contributed by atoms with Gasteiger partial charge in [0.25, 0.3) is 0 Å². The van der Waals surface area contributed by atoms with Gasteiger partial charge in [0.1, 0.15) is 5.75 Å². The molecule has 5 nitrogen and oxygen atoms in total. The molecule has 1 unspecified atom stereocenters. The van der Waals surface area contributed by atoms with Crippen molar-refractivity contribution in [3.63, 3.8) is 0 Å². The first-order valence-electron chi connectivity index (χ1n) is 8.48. The minimum Gasteiger partial charge on any atom is -0.508 e. The number of carbonyl (C=O) groups is 1. The Kier molecular flexibility index (Phi) is 4.40. The largest absolute Gasteiger partial charge is 0.508 e. The van der Waals surface area contributed by atoms with Crippen LogP contribution >= 0.6 is 0 Å². The van der Waals surface area contributed by atoms with Crippen molar-refractivity contribution in [2.45, 2.75) is 38.8 Å². The minimum absolute atomic E-state index is 0.0461. The van der Waals surface area contributed by atoms with Gasteiger partial charge in [0.2, 0.25) is 5.91 Å². The molecule has 0 saturated carbocycles. The molecular formula is C19H26N2O3. The summed E-state index contributed by atoms with van der Waals surface area (Å²) in [5.74, 6) is 0.339. The van der Waals surface area contributed by atoms with E-state index in [1.165, 1.54) is 0 Å². The van der Waals surface area contributed by atoms with E-state index in [2.05, 4.69) is 4.90 Å². The fourth-order valence-corrected chi connectivity index (χ4v) is 3.61. The fraction of sp³-hybridized carbons (Fsp3) is 0.526. The summed E-state index contributed by atoms with van der Waals surface area (Å²) in [7, 11) is 1.81. The zero-order valence-corrected chi connectivity index (χ0v) is 14.9. The Balaban J connectivity index is 1.87. The molecule has 1 aromatic rings. The minimum atomic E-state index is -0.611. The SMILES string of the molecule is CC1CN(C(C)(C)C(=O)N(C)c2ccc(O)c3c2C=CC3)CCO1. The van der Waals surface area contributed by atoms with Crippen LogP contribution in [0.2, 0.25) is 0 Å². The molecule has 5 heteroatoms. The highest BCUT2D eigenvalue weighted by molar-refractivity contribution is 6.01. The highest BCUT2D eigenvalue weighted by atomic mass is 16.5. The van der Waals surface area contributed by atoms with E-state index in [-0.39, 0.29) is 12.0 Å². The molecule has 1 atom stereocenters. The second-order valence-corrected chi connectivity index (χ2v) is 7.15. The van der Waals surface area contributed by atoms with E-state index in [1.807, 2.05) is 46.0 Å². The van der Waals surface area contributed by atoms with E-state index in [0.29, 0.717) is 18.8 Å². The lowest BCUT2D eigenvalue weighted by Crippen LogP contribution is -2.59. The average molecular weight is 330 g/mol. The first-order valence-corrected chi connectivity index (χ1v) is 8.48. The van der Waals surface area contributed by atoms with E-state index < -0.39 is 5.54 Å². The second-order valence-electron chi connectivity index (χ2n) is 7.15. The van der Waals surface area contributed by atoms with Crippen molar-refractivity contribution in [3.05, 3.63) is 29.3 Å². The summed E-state index contributed by atoms with van der Waals surface area (Å²) in [4.78, 5) is 17.1. The zero-order chi connectivity index (χ0) is 17.5. The maximum Gasteiger partial charge on any atom is 0.246 e. The predicted octanol–water partition coefficient (Wildman–Crippen LogP) is 2.42. The number of amides is 1. The molecule has 0 bridgehead atoms. The summed E-state index contributed by atoms with van der Waals surface area (Å²) >= 11 is 0. The molecule has 130 valence electrons. The lowest BCUT2D eigenvalue weighted by atomic mass is 9.98. The maximum atomic E-state index is 13.2. The number of hydrogen-bond acceptors (Lipinski definition) is 4. The monoisotopic (exact) mass is 330 g/mol. The van der Waals surface area contributed by atoms with Gasteiger partial charge in [-0.05, 0) is 39.3 Å². The number of phenolic OH excluding ortho intramolecular Hbond substituents is 1. The topological polar surface area (TPSA) is 53.0 Å². The Morgan fingerprint density at radius 2 is 2.17 bits per heavy atom. The molecule has 2 aliphatic rings. The molecule has 1 aliphatic heterocycles. The molecule has 24 heavy (non-hydrogen) atoms. The van der Waals surface area contributed by atoms with E-state index in [0.717, 1.165) is 29.9 Å². The summed E-state index contributed by atoms with van der Waals surface area (Å²) in [6, 6.07) is 3.49. The van der Waals surface area contributed by atoms with Crippen LogP contribution in [-0.2, 0) is 16.0 Å². The maximum absolute atomic E-state index is 13.2. The van der Waals surface area contributed by atoms with Crippen LogP contribution in [0.5, 0.6) is 5.75 Å². The van der Waals surface area contributed by atoms with Crippen molar-refractivity contribution in [3.8, 4) is 5.75 Å². The Hall–Kier alpha value is -1.85. The van der Waals surface area contributed by atoms with Gasteiger partial charge in [-0.2, -0.15) is 0 Å². The zero-order valence-electron chi connectivity index (χ0n) is 14.9. The number of fused-ring (bicyclic) bond motifs is 1. The molecule has 1 N–H and O–H groups in total. The van der Waals surface area contributed by atoms with Crippen LogP contribution in [0.3, 0.4) is 0 Å². The summed E-state index contributed by atoms with van der Waals surface area (Å²) in [5.41, 5.74) is 2.07. The lowest BCUT2D eigenvalue weighted by Gasteiger charge is -2.43. The van der Waals surface area contributed by atoms with Crippen molar-refractivity contribution < 1.29 is 14.6 Å². The predicted molar refractivity (Wildman–Crippen MR) is 95.3 cm³/mol. The van der Waals surface area contributed by atoms with Gasteiger partial charge in [0, 0.05) is 31.3 Å². The number of phenols is 1. The van der Waals surface area contributed by atoms with Gasteiger partial charge < -0.3 is 14.7 Å². The summed E-state index contributed by atoms with van der Waals surface area (Å²) in [5, 5.41) is 10.0. The Labute approximate surface area is 143 Å². The molecule has 1 fully saturated rings. The van der Waals surface area contributed by atoms with Crippen LogP contribution in [0.15, 0.2) is 18.2 Å². The van der Waals surface area contributed by atoms with Gasteiger partial charge in [-0.1, -0.05) is 12.2 Å². The third-order valence-electron chi connectivity index (χ3n) is 5.14. The van der Waals surface area contributed by atoms with Crippen LogP contribution in [0.4, 0.5) is 5.69 Å². The first kappa shape index (κ1) is 17.0. The highest BCUT2D eigenvalue weighted by Gasteiger charge is 2.39. The molecule has 0 aromatic heterocycles. The number of hydrogen-bond donors (Lipinski definition) is 1. The van der Waals surface area contributed by atoms with Crippen LogP contribution in [0.25, 0.3) is 6.08 Å². The van der Waals surface area contributed by atoms with Crippen molar-refractivity contribution >= 4 is 17.7 Å². The number of anilines is 1. The smallest absolute Gasteiger partial charge is 0.246 e. The lowest BCUT2D eigenvalue weighted by molar-refractivity contribution is -0.133. The summed E-state index contributed by atoms with van der Waals surface area (Å²) in [6.07, 6.45) is 4.84. The number of carbonyl (C=O) groups excluding carboxylic acids is 1. The molecule has 0 spiro atoms. The number of likely N-dealkylation sites (N-methyl/N-ethyl adjacent to an activating group) is 1. The molecule has 1 amide bonds. The number of ether oxygens (including phenoxy) is 1. The molecule has 1 heterocycles. The fourth-order valence-electron chi connectivity index (χ4n) is 3.61. The molecular weight excluding hydrogens is 304 g/mol. The van der Waals surface area contributed by atoms with Gasteiger partial charge in [-0.25, -0.2) is 0 Å². The second kappa shape index (κ2) is 6.22. The number of nitrogens with zero attached hydrogens (tertiary/aromatic N) is 2. The van der Waals surface area contributed by atoms with Gasteiger partial charge in [-0.3, -0.25) is 9.69 Å². The van der Waals surface area contributed by atoms with Crippen LogP contribution in [-0.4, -0.2) is 54.3 Å². The normalized spacial score (nSPS) is 20.9. The number of morpholine rings is 1. The van der Waals surface area contributed by atoms with Crippen molar-refractivity contribution in [1.29, 1.82) is 0 Å². The van der Waals surface area contributed by atoms with Gasteiger partial charge in [0.15, 0.2) is 0 Å². The quantitative estimate of drug-likeness (QED) is 0.925. The summed E-state index contributed by atoms with van der Waals surface area (Å²) in [6.45, 7) is 8.14.